The highest BCUT2D eigenvalue weighted by atomic mass is 32.2. The Morgan fingerprint density at radius 3 is 1.40 bits per heavy atom. The molecule has 0 bridgehead atoms. The maximum Gasteiger partial charge on any atom is 0.181 e. The Balaban J connectivity index is 2.18. The number of hydrogen-bond donors (Lipinski definition) is 2. The Hall–Kier alpha value is -2.83. The summed E-state index contributed by atoms with van der Waals surface area (Å²) in [5.41, 5.74) is 1.31. The van der Waals surface area contributed by atoms with Crippen molar-refractivity contribution in [3.8, 4) is 12.4 Å². The van der Waals surface area contributed by atoms with Gasteiger partial charge in [-0.05, 0) is 48.5 Å². The second kappa shape index (κ2) is 6.37. The predicted octanol–water partition coefficient (Wildman–Crippen LogP) is 2.64. The van der Waals surface area contributed by atoms with Crippen LogP contribution in [0.5, 0.6) is 0 Å². The van der Waals surface area contributed by atoms with Gasteiger partial charge < -0.3 is 0 Å². The average Bonchev–Trinajstić information content (AvgIpc) is 2.49. The standard InChI is InChI=1S/C14H10N4OS/c15-9-17-11-1-5-13(6-2-11)20(19)14-7-3-12(4-8-14)18-10-16/h1-8,17-18H. The molecule has 0 spiro atoms. The van der Waals surface area contributed by atoms with Crippen molar-refractivity contribution >= 4 is 22.2 Å². The van der Waals surface area contributed by atoms with Crippen LogP contribution in [0.1, 0.15) is 0 Å². The topological polar surface area (TPSA) is 88.7 Å². The molecule has 6 heteroatoms. The van der Waals surface area contributed by atoms with E-state index in [4.69, 9.17) is 10.5 Å². The molecule has 0 saturated carbocycles. The lowest BCUT2D eigenvalue weighted by Crippen LogP contribution is -1.94. The second-order valence-corrected chi connectivity index (χ2v) is 5.27. The van der Waals surface area contributed by atoms with E-state index in [2.05, 4.69) is 10.6 Å². The minimum absolute atomic E-state index is 0.648. The fraction of sp³-hybridized carbons (Fsp3) is 0. The van der Waals surface area contributed by atoms with Crippen LogP contribution in [0.25, 0.3) is 0 Å². The molecule has 0 atom stereocenters. The summed E-state index contributed by atoms with van der Waals surface area (Å²) in [4.78, 5) is 1.30. The lowest BCUT2D eigenvalue weighted by molar-refractivity contribution is 0.683. The van der Waals surface area contributed by atoms with Crippen LogP contribution >= 0.6 is 0 Å². The molecule has 2 rings (SSSR count). The molecule has 0 aromatic heterocycles. The van der Waals surface area contributed by atoms with Crippen LogP contribution in [0.3, 0.4) is 0 Å². The van der Waals surface area contributed by atoms with Gasteiger partial charge in [0.2, 0.25) is 0 Å². The lowest BCUT2D eigenvalue weighted by Gasteiger charge is -2.04. The number of nitrogens with one attached hydrogen (secondary N) is 2. The van der Waals surface area contributed by atoms with Gasteiger partial charge in [-0.15, -0.1) is 0 Å². The van der Waals surface area contributed by atoms with Crippen molar-refractivity contribution in [2.75, 3.05) is 10.6 Å². The van der Waals surface area contributed by atoms with Crippen molar-refractivity contribution < 1.29 is 4.21 Å². The van der Waals surface area contributed by atoms with Crippen molar-refractivity contribution in [3.05, 3.63) is 48.5 Å². The van der Waals surface area contributed by atoms with Gasteiger partial charge in [-0.2, -0.15) is 10.5 Å². The first-order chi connectivity index (χ1) is 9.74. The normalized spacial score (nSPS) is 9.55. The third kappa shape index (κ3) is 3.14. The SMILES string of the molecule is N#CNc1ccc(S(=O)c2ccc(NC#N)cc2)cc1. The maximum atomic E-state index is 12.3. The molecule has 0 saturated heterocycles. The second-order valence-electron chi connectivity index (χ2n) is 3.79. The Bertz CT molecular complexity index is 634. The van der Waals surface area contributed by atoms with Crippen LogP contribution in [0.15, 0.2) is 58.3 Å². The molecule has 0 amide bonds. The molecule has 0 unspecified atom stereocenters. The molecule has 0 aliphatic rings. The Morgan fingerprint density at radius 1 is 0.750 bits per heavy atom. The third-order valence-electron chi connectivity index (χ3n) is 2.54. The van der Waals surface area contributed by atoms with Crippen molar-refractivity contribution in [2.45, 2.75) is 9.79 Å². The van der Waals surface area contributed by atoms with Crippen molar-refractivity contribution in [1.29, 1.82) is 10.5 Å². The fourth-order valence-electron chi connectivity index (χ4n) is 1.59. The summed E-state index contributed by atoms with van der Waals surface area (Å²) < 4.78 is 12.3. The van der Waals surface area contributed by atoms with E-state index >= 15 is 0 Å². The molecule has 0 fully saturated rings. The van der Waals surface area contributed by atoms with E-state index < -0.39 is 10.8 Å². The van der Waals surface area contributed by atoms with E-state index in [0.29, 0.717) is 21.2 Å². The van der Waals surface area contributed by atoms with Gasteiger partial charge in [-0.25, -0.2) is 4.21 Å². The molecule has 98 valence electrons. The molecule has 20 heavy (non-hydrogen) atoms. The van der Waals surface area contributed by atoms with Crippen LogP contribution in [0.2, 0.25) is 0 Å². The number of nitriles is 2. The minimum atomic E-state index is -1.29. The van der Waals surface area contributed by atoms with Crippen LogP contribution in [-0.4, -0.2) is 4.21 Å². The van der Waals surface area contributed by atoms with Crippen LogP contribution < -0.4 is 10.6 Å². The van der Waals surface area contributed by atoms with Crippen molar-refractivity contribution in [3.63, 3.8) is 0 Å². The molecule has 0 radical (unpaired) electrons. The smallest absolute Gasteiger partial charge is 0.181 e. The number of hydrogen-bond acceptors (Lipinski definition) is 5. The highest BCUT2D eigenvalue weighted by Gasteiger charge is 2.07. The van der Waals surface area contributed by atoms with E-state index in [1.807, 2.05) is 12.4 Å². The first-order valence-corrected chi connectivity index (χ1v) is 6.81. The zero-order valence-electron chi connectivity index (χ0n) is 10.3. The number of benzene rings is 2. The molecular weight excluding hydrogens is 272 g/mol. The van der Waals surface area contributed by atoms with Gasteiger partial charge in [-0.3, -0.25) is 10.6 Å². The number of rotatable bonds is 4. The Morgan fingerprint density at radius 2 is 1.10 bits per heavy atom. The molecule has 2 N–H and O–H groups in total. The van der Waals surface area contributed by atoms with Gasteiger partial charge in [0.15, 0.2) is 12.4 Å². The summed E-state index contributed by atoms with van der Waals surface area (Å²) >= 11 is 0. The highest BCUT2D eigenvalue weighted by Crippen LogP contribution is 2.20. The molecule has 0 heterocycles. The number of nitrogens with zero attached hydrogens (tertiary/aromatic N) is 2. The average molecular weight is 282 g/mol. The summed E-state index contributed by atoms with van der Waals surface area (Å²) in [5, 5.41) is 22.0. The quantitative estimate of drug-likeness (QED) is 0.664. The minimum Gasteiger partial charge on any atom is -0.293 e. The summed E-state index contributed by atoms with van der Waals surface area (Å²) in [6.45, 7) is 0. The first-order valence-electron chi connectivity index (χ1n) is 5.66. The van der Waals surface area contributed by atoms with Gasteiger partial charge in [0.1, 0.15) is 0 Å². The Kier molecular flexibility index (Phi) is 4.33. The molecular formula is C14H10N4OS. The largest absolute Gasteiger partial charge is 0.293 e. The number of anilines is 2. The van der Waals surface area contributed by atoms with Gasteiger partial charge >= 0.3 is 0 Å². The van der Waals surface area contributed by atoms with Gasteiger partial charge in [0, 0.05) is 21.2 Å². The van der Waals surface area contributed by atoms with E-state index in [9.17, 15) is 4.21 Å². The van der Waals surface area contributed by atoms with Crippen molar-refractivity contribution in [1.82, 2.24) is 0 Å². The maximum absolute atomic E-state index is 12.3. The molecule has 2 aromatic rings. The van der Waals surface area contributed by atoms with Crippen LogP contribution in [-0.2, 0) is 10.8 Å². The highest BCUT2D eigenvalue weighted by molar-refractivity contribution is 7.85. The van der Waals surface area contributed by atoms with Gasteiger partial charge in [0.05, 0.1) is 10.8 Å². The molecule has 5 nitrogen and oxygen atoms in total. The van der Waals surface area contributed by atoms with E-state index in [-0.39, 0.29) is 0 Å². The fourth-order valence-corrected chi connectivity index (χ4v) is 2.63. The summed E-state index contributed by atoms with van der Waals surface area (Å²) in [6, 6.07) is 13.6. The van der Waals surface area contributed by atoms with Crippen LogP contribution in [0, 0.1) is 22.9 Å². The third-order valence-corrected chi connectivity index (χ3v) is 3.94. The van der Waals surface area contributed by atoms with E-state index in [1.165, 1.54) is 0 Å². The molecule has 0 aliphatic heterocycles. The summed E-state index contributed by atoms with van der Waals surface area (Å²) in [7, 11) is -1.29. The van der Waals surface area contributed by atoms with Crippen LogP contribution in [0.4, 0.5) is 11.4 Å². The lowest BCUT2D eigenvalue weighted by atomic mass is 10.3. The monoisotopic (exact) mass is 282 g/mol. The zero-order valence-corrected chi connectivity index (χ0v) is 11.1. The summed E-state index contributed by atoms with van der Waals surface area (Å²) in [5.74, 6) is 0. The first kappa shape index (κ1) is 13.6. The molecule has 0 aliphatic carbocycles. The summed E-state index contributed by atoms with van der Waals surface area (Å²) in [6.07, 6.45) is 3.65. The van der Waals surface area contributed by atoms with Gasteiger partial charge in [0.25, 0.3) is 0 Å². The van der Waals surface area contributed by atoms with Gasteiger partial charge in [-0.1, -0.05) is 0 Å². The van der Waals surface area contributed by atoms with Crippen molar-refractivity contribution in [2.24, 2.45) is 0 Å². The Labute approximate surface area is 118 Å². The molecule has 2 aromatic carbocycles. The van der Waals surface area contributed by atoms with E-state index in [1.54, 1.807) is 48.5 Å². The zero-order chi connectivity index (χ0) is 14.4. The van der Waals surface area contributed by atoms with E-state index in [0.717, 1.165) is 0 Å². The predicted molar refractivity (Wildman–Crippen MR) is 76.0 cm³/mol.